The first kappa shape index (κ1) is 17.6. The van der Waals surface area contributed by atoms with Crippen molar-refractivity contribution in [3.63, 3.8) is 0 Å². The maximum atomic E-state index is 13.2. The van der Waals surface area contributed by atoms with Crippen LogP contribution >= 0.6 is 15.9 Å². The molecule has 9 heteroatoms. The Morgan fingerprint density at radius 3 is 2.67 bits per heavy atom. The molecule has 27 heavy (non-hydrogen) atoms. The van der Waals surface area contributed by atoms with E-state index in [0.29, 0.717) is 21.7 Å². The monoisotopic (exact) mass is 436 g/mol. The molecular weight excluding hydrogens is 425 g/mol. The molecule has 1 N–H and O–H groups in total. The molecule has 1 unspecified atom stereocenters. The molecular formula is C18H12BrF3N4O. The molecule has 2 heterocycles. The molecule has 1 aliphatic heterocycles. The molecule has 1 aromatic heterocycles. The molecule has 0 spiro atoms. The van der Waals surface area contributed by atoms with Crippen LogP contribution in [0.4, 0.5) is 19.1 Å². The van der Waals surface area contributed by atoms with Crippen LogP contribution in [-0.4, -0.2) is 21.4 Å². The van der Waals surface area contributed by atoms with E-state index >= 15 is 0 Å². The van der Waals surface area contributed by atoms with Gasteiger partial charge in [-0.3, -0.25) is 0 Å². The summed E-state index contributed by atoms with van der Waals surface area (Å²) in [5.74, 6) is 0.121. The van der Waals surface area contributed by atoms with Gasteiger partial charge in [-0.2, -0.15) is 18.9 Å². The zero-order valence-corrected chi connectivity index (χ0v) is 15.2. The summed E-state index contributed by atoms with van der Waals surface area (Å²) in [6.07, 6.45) is 3.16. The number of halogens is 4. The molecule has 4 rings (SSSR count). The Balaban J connectivity index is 1.83. The number of anilines is 1. The summed E-state index contributed by atoms with van der Waals surface area (Å²) in [5, 5.41) is 7.30. The van der Waals surface area contributed by atoms with E-state index in [9.17, 15) is 13.2 Å². The van der Waals surface area contributed by atoms with Crippen molar-refractivity contribution >= 4 is 27.6 Å². The summed E-state index contributed by atoms with van der Waals surface area (Å²) in [7, 11) is 0. The van der Waals surface area contributed by atoms with Gasteiger partial charge < -0.3 is 10.1 Å². The fraction of sp³-hybridized carbons (Fsp3) is 0.111. The van der Waals surface area contributed by atoms with E-state index in [-0.39, 0.29) is 11.6 Å². The smallest absolute Gasteiger partial charge is 0.387 e. The van der Waals surface area contributed by atoms with Crippen molar-refractivity contribution < 1.29 is 17.9 Å². The van der Waals surface area contributed by atoms with E-state index in [1.165, 1.54) is 24.5 Å². The van der Waals surface area contributed by atoms with Crippen LogP contribution in [0.1, 0.15) is 17.2 Å². The quantitative estimate of drug-likeness (QED) is 0.635. The van der Waals surface area contributed by atoms with Crippen molar-refractivity contribution in [3.05, 3.63) is 76.3 Å². The number of benzene rings is 2. The third-order valence-electron chi connectivity index (χ3n) is 4.07. The Kier molecular flexibility index (Phi) is 4.61. The lowest BCUT2D eigenvalue weighted by Crippen LogP contribution is -2.21. The zero-order chi connectivity index (χ0) is 19.0. The van der Waals surface area contributed by atoms with E-state index in [0.717, 1.165) is 5.56 Å². The first-order valence-electron chi connectivity index (χ1n) is 7.90. The number of fused-ring (bicyclic) bond motifs is 1. The molecule has 0 bridgehead atoms. The molecule has 0 saturated heterocycles. The number of hydrogen-bond donors (Lipinski definition) is 1. The SMILES string of the molecule is Fc1ccc(C2=CC(c3cc(Br)ccc3OC(F)F)n3ncnc3N2)cc1. The minimum absolute atomic E-state index is 0.0382. The summed E-state index contributed by atoms with van der Waals surface area (Å²) in [6, 6.07) is 10.2. The minimum atomic E-state index is -2.96. The average Bonchev–Trinajstić information content (AvgIpc) is 3.11. The van der Waals surface area contributed by atoms with Crippen LogP contribution in [-0.2, 0) is 0 Å². The van der Waals surface area contributed by atoms with Gasteiger partial charge in [0.1, 0.15) is 23.9 Å². The lowest BCUT2D eigenvalue weighted by atomic mass is 10.0. The van der Waals surface area contributed by atoms with E-state index in [4.69, 9.17) is 0 Å². The van der Waals surface area contributed by atoms with Gasteiger partial charge in [0, 0.05) is 15.7 Å². The number of ether oxygens (including phenoxy) is 1. The second-order valence-corrected chi connectivity index (χ2v) is 6.66. The van der Waals surface area contributed by atoms with Crippen molar-refractivity contribution in [3.8, 4) is 5.75 Å². The maximum absolute atomic E-state index is 13.2. The lowest BCUT2D eigenvalue weighted by Gasteiger charge is -2.26. The van der Waals surface area contributed by atoms with Crippen LogP contribution in [0.5, 0.6) is 5.75 Å². The number of rotatable bonds is 4. The predicted molar refractivity (Wildman–Crippen MR) is 96.9 cm³/mol. The van der Waals surface area contributed by atoms with Gasteiger partial charge in [-0.05, 0) is 54.1 Å². The third kappa shape index (κ3) is 3.55. The van der Waals surface area contributed by atoms with Gasteiger partial charge in [-0.15, -0.1) is 0 Å². The van der Waals surface area contributed by atoms with Crippen LogP contribution < -0.4 is 10.1 Å². The first-order valence-corrected chi connectivity index (χ1v) is 8.69. The van der Waals surface area contributed by atoms with E-state index in [2.05, 4.69) is 36.1 Å². The topological polar surface area (TPSA) is 52.0 Å². The van der Waals surface area contributed by atoms with Gasteiger partial charge in [0.2, 0.25) is 5.95 Å². The highest BCUT2D eigenvalue weighted by molar-refractivity contribution is 9.10. The molecule has 1 atom stereocenters. The lowest BCUT2D eigenvalue weighted by molar-refractivity contribution is -0.0506. The standard InChI is InChI=1S/C18H12BrF3N4O/c19-11-3-6-16(27-17(21)22)13(7-11)15-8-14(10-1-4-12(20)5-2-10)25-18-23-9-24-26(15)18/h1-9,15,17H,(H,23,24,25). The van der Waals surface area contributed by atoms with Crippen LogP contribution in [0.25, 0.3) is 5.70 Å². The molecule has 138 valence electrons. The van der Waals surface area contributed by atoms with Crippen molar-refractivity contribution in [1.82, 2.24) is 14.8 Å². The molecule has 3 aromatic rings. The van der Waals surface area contributed by atoms with E-state index in [1.54, 1.807) is 35.0 Å². The number of alkyl halides is 2. The van der Waals surface area contributed by atoms with Crippen LogP contribution in [0.3, 0.4) is 0 Å². The summed E-state index contributed by atoms with van der Waals surface area (Å²) >= 11 is 3.36. The average molecular weight is 437 g/mol. The Bertz CT molecular complexity index is 1000. The molecule has 0 fully saturated rings. The highest BCUT2D eigenvalue weighted by Gasteiger charge is 2.27. The van der Waals surface area contributed by atoms with Crippen molar-refractivity contribution in [2.75, 3.05) is 5.32 Å². The molecule has 5 nitrogen and oxygen atoms in total. The summed E-state index contributed by atoms with van der Waals surface area (Å²) in [4.78, 5) is 4.16. The summed E-state index contributed by atoms with van der Waals surface area (Å²) in [5.41, 5.74) is 1.86. The fourth-order valence-electron chi connectivity index (χ4n) is 2.91. The van der Waals surface area contributed by atoms with Crippen molar-refractivity contribution in [2.24, 2.45) is 0 Å². The molecule has 0 aliphatic carbocycles. The third-order valence-corrected chi connectivity index (χ3v) is 4.56. The Labute approximate surface area is 160 Å². The normalized spacial score (nSPS) is 15.9. The number of aromatic nitrogens is 3. The van der Waals surface area contributed by atoms with Crippen molar-refractivity contribution in [1.29, 1.82) is 0 Å². The molecule has 0 amide bonds. The molecule has 0 saturated carbocycles. The van der Waals surface area contributed by atoms with E-state index in [1.807, 2.05) is 0 Å². The van der Waals surface area contributed by atoms with E-state index < -0.39 is 12.7 Å². The van der Waals surface area contributed by atoms with Gasteiger partial charge in [0.25, 0.3) is 0 Å². The van der Waals surface area contributed by atoms with Gasteiger partial charge in [-0.25, -0.2) is 9.07 Å². The van der Waals surface area contributed by atoms with Gasteiger partial charge in [0.15, 0.2) is 0 Å². The second-order valence-electron chi connectivity index (χ2n) is 5.75. The minimum Gasteiger partial charge on any atom is -0.434 e. The van der Waals surface area contributed by atoms with Crippen molar-refractivity contribution in [2.45, 2.75) is 12.7 Å². The Hall–Kier alpha value is -2.81. The van der Waals surface area contributed by atoms with Gasteiger partial charge in [-0.1, -0.05) is 15.9 Å². The Morgan fingerprint density at radius 1 is 1.15 bits per heavy atom. The number of allylic oxidation sites excluding steroid dienone is 1. The van der Waals surface area contributed by atoms with Gasteiger partial charge in [0.05, 0.1) is 0 Å². The summed E-state index contributed by atoms with van der Waals surface area (Å²) < 4.78 is 45.9. The number of hydrogen-bond acceptors (Lipinski definition) is 4. The predicted octanol–water partition coefficient (Wildman–Crippen LogP) is 4.84. The molecule has 0 radical (unpaired) electrons. The maximum Gasteiger partial charge on any atom is 0.387 e. The first-order chi connectivity index (χ1) is 13.0. The van der Waals surface area contributed by atoms with Crippen LogP contribution in [0.15, 0.2) is 59.3 Å². The van der Waals surface area contributed by atoms with Crippen LogP contribution in [0.2, 0.25) is 0 Å². The highest BCUT2D eigenvalue weighted by atomic mass is 79.9. The number of nitrogens with one attached hydrogen (secondary N) is 1. The fourth-order valence-corrected chi connectivity index (χ4v) is 3.29. The highest BCUT2D eigenvalue weighted by Crippen LogP contribution is 2.37. The van der Waals surface area contributed by atoms with Crippen LogP contribution in [0, 0.1) is 5.82 Å². The number of nitrogens with zero attached hydrogens (tertiary/aromatic N) is 3. The second kappa shape index (κ2) is 7.07. The van der Waals surface area contributed by atoms with Gasteiger partial charge >= 0.3 is 6.61 Å². The molecule has 2 aromatic carbocycles. The largest absolute Gasteiger partial charge is 0.434 e. The molecule has 1 aliphatic rings. The summed E-state index contributed by atoms with van der Waals surface area (Å²) in [6.45, 7) is -2.96. The Morgan fingerprint density at radius 2 is 1.93 bits per heavy atom. The zero-order valence-electron chi connectivity index (χ0n) is 13.6.